The number of hydrogen-bond donors (Lipinski definition) is 0. The summed E-state index contributed by atoms with van der Waals surface area (Å²) in [5.41, 5.74) is 0. The zero-order chi connectivity index (χ0) is 11.7. The van der Waals surface area contributed by atoms with Gasteiger partial charge in [0.1, 0.15) is 0 Å². The molecule has 0 aliphatic rings. The molecule has 3 unspecified atom stereocenters. The SMILES string of the molecule is CCOC(C)OCC(C)OC(C)OCC. The fourth-order valence-corrected chi connectivity index (χ4v) is 1.19. The third-order valence-corrected chi connectivity index (χ3v) is 1.79. The monoisotopic (exact) mass is 220 g/mol. The van der Waals surface area contributed by atoms with Crippen molar-refractivity contribution in [2.75, 3.05) is 19.8 Å². The van der Waals surface area contributed by atoms with Crippen molar-refractivity contribution >= 4 is 0 Å². The van der Waals surface area contributed by atoms with Crippen LogP contribution < -0.4 is 0 Å². The minimum Gasteiger partial charge on any atom is -0.353 e. The molecule has 15 heavy (non-hydrogen) atoms. The van der Waals surface area contributed by atoms with Gasteiger partial charge in [-0.15, -0.1) is 0 Å². The molecule has 4 heteroatoms. The zero-order valence-corrected chi connectivity index (χ0v) is 10.5. The van der Waals surface area contributed by atoms with Gasteiger partial charge < -0.3 is 18.9 Å². The molecule has 4 nitrogen and oxygen atoms in total. The van der Waals surface area contributed by atoms with Crippen molar-refractivity contribution in [1.29, 1.82) is 0 Å². The first-order chi connectivity index (χ1) is 7.10. The minimum absolute atomic E-state index is 0.00876. The maximum Gasteiger partial charge on any atom is 0.155 e. The highest BCUT2D eigenvalue weighted by molar-refractivity contribution is 4.48. The second-order valence-corrected chi connectivity index (χ2v) is 3.33. The number of ether oxygens (including phenoxy) is 4. The van der Waals surface area contributed by atoms with E-state index >= 15 is 0 Å². The molecule has 0 bridgehead atoms. The molecule has 0 N–H and O–H groups in total. The lowest BCUT2D eigenvalue weighted by Crippen LogP contribution is -2.26. The summed E-state index contributed by atoms with van der Waals surface area (Å²) in [5, 5.41) is 0. The van der Waals surface area contributed by atoms with E-state index in [0.717, 1.165) is 0 Å². The molecule has 0 heterocycles. The van der Waals surface area contributed by atoms with Crippen LogP contribution in [-0.4, -0.2) is 38.5 Å². The van der Waals surface area contributed by atoms with Crippen molar-refractivity contribution in [1.82, 2.24) is 0 Å². The molecule has 0 saturated heterocycles. The van der Waals surface area contributed by atoms with Crippen LogP contribution in [0.15, 0.2) is 0 Å². The van der Waals surface area contributed by atoms with Gasteiger partial charge in [-0.25, -0.2) is 0 Å². The van der Waals surface area contributed by atoms with Gasteiger partial charge in [-0.05, 0) is 34.6 Å². The van der Waals surface area contributed by atoms with Crippen LogP contribution in [0, 0.1) is 0 Å². The summed E-state index contributed by atoms with van der Waals surface area (Å²) in [4.78, 5) is 0. The van der Waals surface area contributed by atoms with Gasteiger partial charge in [-0.3, -0.25) is 0 Å². The molecule has 92 valence electrons. The van der Waals surface area contributed by atoms with E-state index in [1.165, 1.54) is 0 Å². The average molecular weight is 220 g/mol. The Morgan fingerprint density at radius 1 is 0.800 bits per heavy atom. The topological polar surface area (TPSA) is 36.9 Å². The van der Waals surface area contributed by atoms with Crippen LogP contribution in [0.4, 0.5) is 0 Å². The van der Waals surface area contributed by atoms with Crippen molar-refractivity contribution in [2.24, 2.45) is 0 Å². The van der Waals surface area contributed by atoms with Crippen LogP contribution in [-0.2, 0) is 18.9 Å². The lowest BCUT2D eigenvalue weighted by atomic mass is 10.4. The Morgan fingerprint density at radius 3 is 1.87 bits per heavy atom. The third kappa shape index (κ3) is 8.81. The van der Waals surface area contributed by atoms with Gasteiger partial charge in [0.15, 0.2) is 12.6 Å². The molecule has 0 aromatic heterocycles. The van der Waals surface area contributed by atoms with Crippen LogP contribution >= 0.6 is 0 Å². The summed E-state index contributed by atoms with van der Waals surface area (Å²) in [6, 6.07) is 0. The molecule has 3 atom stereocenters. The van der Waals surface area contributed by atoms with Crippen LogP contribution in [0.3, 0.4) is 0 Å². The second-order valence-electron chi connectivity index (χ2n) is 3.33. The van der Waals surface area contributed by atoms with E-state index in [0.29, 0.717) is 19.8 Å². The Balaban J connectivity index is 3.51. The predicted molar refractivity (Wildman–Crippen MR) is 58.7 cm³/mol. The largest absolute Gasteiger partial charge is 0.353 e. The Kier molecular flexibility index (Phi) is 9.00. The van der Waals surface area contributed by atoms with Gasteiger partial charge in [0.25, 0.3) is 0 Å². The highest BCUT2D eigenvalue weighted by Crippen LogP contribution is 2.02. The van der Waals surface area contributed by atoms with Crippen molar-refractivity contribution in [2.45, 2.75) is 53.3 Å². The van der Waals surface area contributed by atoms with Gasteiger partial charge in [-0.2, -0.15) is 0 Å². The standard InChI is InChI=1S/C11H24O4/c1-6-12-10(4)14-8-9(3)15-11(5)13-7-2/h9-11H,6-8H2,1-5H3. The van der Waals surface area contributed by atoms with E-state index in [1.807, 2.05) is 34.6 Å². The van der Waals surface area contributed by atoms with E-state index < -0.39 is 0 Å². The van der Waals surface area contributed by atoms with Crippen molar-refractivity contribution in [3.05, 3.63) is 0 Å². The summed E-state index contributed by atoms with van der Waals surface area (Å²) < 4.78 is 21.4. The second kappa shape index (κ2) is 9.09. The molecule has 0 amide bonds. The maximum atomic E-state index is 5.52. The van der Waals surface area contributed by atoms with Gasteiger partial charge in [0.05, 0.1) is 12.7 Å². The Bertz CT molecular complexity index is 141. The average Bonchev–Trinajstić information content (AvgIpc) is 2.15. The molecule has 0 saturated carbocycles. The molecular weight excluding hydrogens is 196 g/mol. The first kappa shape index (κ1) is 14.8. The molecule has 0 aliphatic heterocycles. The fourth-order valence-electron chi connectivity index (χ4n) is 1.19. The van der Waals surface area contributed by atoms with E-state index in [9.17, 15) is 0 Å². The predicted octanol–water partition coefficient (Wildman–Crippen LogP) is 2.17. The number of hydrogen-bond acceptors (Lipinski definition) is 4. The van der Waals surface area contributed by atoms with Gasteiger partial charge in [-0.1, -0.05) is 0 Å². The van der Waals surface area contributed by atoms with Crippen LogP contribution in [0.5, 0.6) is 0 Å². The van der Waals surface area contributed by atoms with Crippen molar-refractivity contribution in [3.63, 3.8) is 0 Å². The quantitative estimate of drug-likeness (QED) is 0.558. The van der Waals surface area contributed by atoms with E-state index in [1.54, 1.807) is 0 Å². The van der Waals surface area contributed by atoms with E-state index in [-0.39, 0.29) is 18.7 Å². The first-order valence-corrected chi connectivity index (χ1v) is 5.60. The molecule has 0 rings (SSSR count). The molecular formula is C11H24O4. The molecule has 0 aromatic rings. The highest BCUT2D eigenvalue weighted by Gasteiger charge is 2.10. The van der Waals surface area contributed by atoms with Crippen LogP contribution in [0.2, 0.25) is 0 Å². The fraction of sp³-hybridized carbons (Fsp3) is 1.00. The Labute approximate surface area is 92.8 Å². The summed E-state index contributed by atoms with van der Waals surface area (Å²) in [6.07, 6.45) is -0.353. The molecule has 0 radical (unpaired) electrons. The van der Waals surface area contributed by atoms with Gasteiger partial charge in [0, 0.05) is 13.2 Å². The Hall–Kier alpha value is -0.160. The van der Waals surface area contributed by atoms with E-state index in [4.69, 9.17) is 18.9 Å². The normalized spacial score (nSPS) is 17.4. The van der Waals surface area contributed by atoms with Crippen molar-refractivity contribution < 1.29 is 18.9 Å². The third-order valence-electron chi connectivity index (χ3n) is 1.79. The summed E-state index contributed by atoms with van der Waals surface area (Å²) >= 11 is 0. The molecule has 0 aromatic carbocycles. The van der Waals surface area contributed by atoms with Crippen LogP contribution in [0.25, 0.3) is 0 Å². The lowest BCUT2D eigenvalue weighted by Gasteiger charge is -2.20. The highest BCUT2D eigenvalue weighted by atomic mass is 16.7. The zero-order valence-electron chi connectivity index (χ0n) is 10.5. The summed E-state index contributed by atoms with van der Waals surface area (Å²) in [7, 11) is 0. The van der Waals surface area contributed by atoms with Crippen molar-refractivity contribution in [3.8, 4) is 0 Å². The van der Waals surface area contributed by atoms with Gasteiger partial charge in [0.2, 0.25) is 0 Å². The smallest absolute Gasteiger partial charge is 0.155 e. The van der Waals surface area contributed by atoms with E-state index in [2.05, 4.69) is 0 Å². The lowest BCUT2D eigenvalue weighted by molar-refractivity contribution is -0.192. The Morgan fingerprint density at radius 2 is 1.33 bits per heavy atom. The molecule has 0 fully saturated rings. The minimum atomic E-state index is -0.184. The molecule has 0 spiro atoms. The van der Waals surface area contributed by atoms with Crippen LogP contribution in [0.1, 0.15) is 34.6 Å². The van der Waals surface area contributed by atoms with Gasteiger partial charge >= 0.3 is 0 Å². The first-order valence-electron chi connectivity index (χ1n) is 5.60. The summed E-state index contributed by atoms with van der Waals surface area (Å²) in [6.45, 7) is 11.4. The number of rotatable bonds is 9. The summed E-state index contributed by atoms with van der Waals surface area (Å²) in [5.74, 6) is 0. The maximum absolute atomic E-state index is 5.52. The molecule has 0 aliphatic carbocycles.